The third kappa shape index (κ3) is 4.33. The van der Waals surface area contributed by atoms with Crippen LogP contribution in [-0.2, 0) is 28.6 Å². The predicted octanol–water partition coefficient (Wildman–Crippen LogP) is 2.59. The quantitative estimate of drug-likeness (QED) is 0.885. The van der Waals surface area contributed by atoms with Crippen molar-refractivity contribution in [1.82, 2.24) is 4.72 Å². The zero-order valence-electron chi connectivity index (χ0n) is 13.2. The first-order valence-corrected chi connectivity index (χ1v) is 9.44. The van der Waals surface area contributed by atoms with Crippen LogP contribution >= 0.6 is 0 Å². The molecule has 0 bridgehead atoms. The molecule has 0 saturated carbocycles. The molecule has 0 amide bonds. The first kappa shape index (κ1) is 16.0. The Labute approximate surface area is 137 Å². The molecule has 1 aliphatic rings. The second-order valence-electron chi connectivity index (χ2n) is 5.93. The number of sulfonamides is 1. The van der Waals surface area contributed by atoms with Crippen molar-refractivity contribution in [3.63, 3.8) is 0 Å². The molecule has 2 aromatic rings. The minimum Gasteiger partial charge on any atom is -0.493 e. The summed E-state index contributed by atoms with van der Waals surface area (Å²) in [5.74, 6) is 0.972. The zero-order valence-corrected chi connectivity index (χ0v) is 14.0. The monoisotopic (exact) mass is 331 g/mol. The van der Waals surface area contributed by atoms with Gasteiger partial charge in [-0.2, -0.15) is 0 Å². The minimum atomic E-state index is -3.30. The number of rotatable bonds is 6. The van der Waals surface area contributed by atoms with E-state index in [2.05, 4.69) is 10.8 Å². The van der Waals surface area contributed by atoms with Crippen molar-refractivity contribution in [2.45, 2.75) is 25.5 Å². The summed E-state index contributed by atoms with van der Waals surface area (Å²) in [5.41, 5.74) is 4.27. The van der Waals surface area contributed by atoms with Gasteiger partial charge in [-0.3, -0.25) is 0 Å². The summed E-state index contributed by atoms with van der Waals surface area (Å²) in [6, 6.07) is 13.6. The number of hydrogen-bond donors (Lipinski definition) is 1. The Morgan fingerprint density at radius 2 is 1.83 bits per heavy atom. The van der Waals surface area contributed by atoms with Crippen molar-refractivity contribution < 1.29 is 13.2 Å². The lowest BCUT2D eigenvalue weighted by Crippen LogP contribution is -2.27. The molecule has 0 aromatic heterocycles. The van der Waals surface area contributed by atoms with E-state index in [9.17, 15) is 8.42 Å². The summed E-state index contributed by atoms with van der Waals surface area (Å²) < 4.78 is 32.4. The summed E-state index contributed by atoms with van der Waals surface area (Å²) in [4.78, 5) is 0. The van der Waals surface area contributed by atoms with Crippen molar-refractivity contribution in [2.24, 2.45) is 0 Å². The Morgan fingerprint density at radius 3 is 2.61 bits per heavy atom. The van der Waals surface area contributed by atoms with Crippen molar-refractivity contribution in [2.75, 3.05) is 13.2 Å². The van der Waals surface area contributed by atoms with Gasteiger partial charge >= 0.3 is 0 Å². The topological polar surface area (TPSA) is 55.4 Å². The van der Waals surface area contributed by atoms with Gasteiger partial charge < -0.3 is 4.74 Å². The first-order chi connectivity index (χ1) is 11.0. The molecule has 1 N–H and O–H groups in total. The molecule has 5 heteroatoms. The van der Waals surface area contributed by atoms with Gasteiger partial charge in [0.1, 0.15) is 5.75 Å². The minimum absolute atomic E-state index is 0.0192. The van der Waals surface area contributed by atoms with Crippen LogP contribution in [0.25, 0.3) is 0 Å². The van der Waals surface area contributed by atoms with Crippen LogP contribution in [0, 0.1) is 6.92 Å². The maximum absolute atomic E-state index is 12.1. The molecule has 0 aliphatic carbocycles. The predicted molar refractivity (Wildman–Crippen MR) is 91.2 cm³/mol. The average Bonchev–Trinajstić information content (AvgIpc) is 2.97. The van der Waals surface area contributed by atoms with Crippen LogP contribution in [0.1, 0.15) is 22.3 Å². The summed E-state index contributed by atoms with van der Waals surface area (Å²) in [7, 11) is -3.30. The molecule has 122 valence electrons. The lowest BCUT2D eigenvalue weighted by molar-refractivity contribution is 0.357. The molecule has 0 radical (unpaired) electrons. The normalized spacial score (nSPS) is 13.6. The number of benzene rings is 2. The summed E-state index contributed by atoms with van der Waals surface area (Å²) >= 11 is 0. The third-order valence-corrected chi connectivity index (χ3v) is 5.32. The molecule has 0 fully saturated rings. The second-order valence-corrected chi connectivity index (χ2v) is 7.74. The van der Waals surface area contributed by atoms with E-state index in [-0.39, 0.29) is 5.75 Å². The molecule has 4 nitrogen and oxygen atoms in total. The van der Waals surface area contributed by atoms with Crippen LogP contribution in [0.2, 0.25) is 0 Å². The Morgan fingerprint density at radius 1 is 1.09 bits per heavy atom. The Hall–Kier alpha value is -1.85. The van der Waals surface area contributed by atoms with Crippen molar-refractivity contribution >= 4 is 10.0 Å². The molecule has 0 atom stereocenters. The van der Waals surface area contributed by atoms with Gasteiger partial charge in [-0.15, -0.1) is 0 Å². The SMILES string of the molecule is Cc1ccc(CS(=O)(=O)NCCc2ccc3c(c2)CCO3)cc1. The number of fused-ring (bicyclic) bond motifs is 1. The molecule has 23 heavy (non-hydrogen) atoms. The summed E-state index contributed by atoms with van der Waals surface area (Å²) in [6.07, 6.45) is 1.61. The number of hydrogen-bond acceptors (Lipinski definition) is 3. The fraction of sp³-hybridized carbons (Fsp3) is 0.333. The highest BCUT2D eigenvalue weighted by Crippen LogP contribution is 2.25. The summed E-state index contributed by atoms with van der Waals surface area (Å²) in [5, 5.41) is 0. The molecule has 3 rings (SSSR count). The van der Waals surface area contributed by atoms with Crippen molar-refractivity contribution in [3.8, 4) is 5.75 Å². The van der Waals surface area contributed by atoms with Crippen LogP contribution in [0.5, 0.6) is 5.75 Å². The van der Waals surface area contributed by atoms with Gasteiger partial charge in [0.2, 0.25) is 10.0 Å². The molecular formula is C18H21NO3S. The van der Waals surface area contributed by atoms with Crippen molar-refractivity contribution in [1.29, 1.82) is 0 Å². The van der Waals surface area contributed by atoms with Gasteiger partial charge in [-0.1, -0.05) is 42.0 Å². The van der Waals surface area contributed by atoms with E-state index in [0.29, 0.717) is 13.0 Å². The van der Waals surface area contributed by atoms with Gasteiger partial charge in [0.15, 0.2) is 0 Å². The highest BCUT2D eigenvalue weighted by atomic mass is 32.2. The van der Waals surface area contributed by atoms with E-state index in [1.54, 1.807) is 0 Å². The molecule has 0 saturated heterocycles. The zero-order chi connectivity index (χ0) is 16.3. The smallest absolute Gasteiger partial charge is 0.215 e. The lowest BCUT2D eigenvalue weighted by Gasteiger charge is -2.08. The Balaban J connectivity index is 1.54. The van der Waals surface area contributed by atoms with E-state index in [0.717, 1.165) is 35.5 Å². The van der Waals surface area contributed by atoms with E-state index >= 15 is 0 Å². The lowest BCUT2D eigenvalue weighted by atomic mass is 10.1. The van der Waals surface area contributed by atoms with E-state index in [1.807, 2.05) is 43.3 Å². The largest absolute Gasteiger partial charge is 0.493 e. The fourth-order valence-corrected chi connectivity index (χ4v) is 3.85. The average molecular weight is 331 g/mol. The molecular weight excluding hydrogens is 310 g/mol. The first-order valence-electron chi connectivity index (χ1n) is 7.79. The Bertz CT molecular complexity index is 782. The third-order valence-electron chi connectivity index (χ3n) is 3.97. The molecule has 0 spiro atoms. The van der Waals surface area contributed by atoms with Crippen LogP contribution in [0.4, 0.5) is 0 Å². The number of ether oxygens (including phenoxy) is 1. The van der Waals surface area contributed by atoms with E-state index < -0.39 is 10.0 Å². The van der Waals surface area contributed by atoms with Gasteiger partial charge in [0.25, 0.3) is 0 Å². The highest BCUT2D eigenvalue weighted by molar-refractivity contribution is 7.88. The molecule has 1 heterocycles. The number of nitrogens with one attached hydrogen (secondary N) is 1. The second kappa shape index (κ2) is 6.72. The highest BCUT2D eigenvalue weighted by Gasteiger charge is 2.13. The molecule has 0 unspecified atom stereocenters. The van der Waals surface area contributed by atoms with E-state index in [4.69, 9.17) is 4.74 Å². The van der Waals surface area contributed by atoms with Crippen LogP contribution in [0.15, 0.2) is 42.5 Å². The van der Waals surface area contributed by atoms with Gasteiger partial charge in [-0.25, -0.2) is 13.1 Å². The standard InChI is InChI=1S/C18H21NO3S/c1-14-2-4-16(5-3-14)13-23(20,21)19-10-8-15-6-7-18-17(12-15)9-11-22-18/h2-7,12,19H,8-11,13H2,1H3. The van der Waals surface area contributed by atoms with E-state index in [1.165, 1.54) is 5.56 Å². The Kier molecular flexibility index (Phi) is 4.68. The number of aryl methyl sites for hydroxylation is 1. The molecule has 2 aromatic carbocycles. The van der Waals surface area contributed by atoms with Gasteiger partial charge in [0.05, 0.1) is 12.4 Å². The maximum Gasteiger partial charge on any atom is 0.215 e. The summed E-state index contributed by atoms with van der Waals surface area (Å²) in [6.45, 7) is 3.13. The maximum atomic E-state index is 12.1. The fourth-order valence-electron chi connectivity index (χ4n) is 2.70. The van der Waals surface area contributed by atoms with Crippen LogP contribution < -0.4 is 9.46 Å². The van der Waals surface area contributed by atoms with Gasteiger partial charge in [-0.05, 0) is 36.1 Å². The van der Waals surface area contributed by atoms with Crippen molar-refractivity contribution in [3.05, 3.63) is 64.7 Å². The van der Waals surface area contributed by atoms with Gasteiger partial charge in [0, 0.05) is 13.0 Å². The van der Waals surface area contributed by atoms with Crippen LogP contribution in [-0.4, -0.2) is 21.6 Å². The molecule has 1 aliphatic heterocycles. The van der Waals surface area contributed by atoms with Crippen LogP contribution in [0.3, 0.4) is 0 Å².